The number of rotatable bonds is 6. The first kappa shape index (κ1) is 18.9. The predicted molar refractivity (Wildman–Crippen MR) is 74.5 cm³/mol. The molecule has 1 rings (SSSR count). The Kier molecular flexibility index (Phi) is 5.58. The second-order valence-electron chi connectivity index (χ2n) is 5.39. The predicted octanol–water partition coefficient (Wildman–Crippen LogP) is 2.18. The molecule has 0 bridgehead atoms. The van der Waals surface area contributed by atoms with Crippen LogP contribution >= 0.6 is 0 Å². The fourth-order valence-electron chi connectivity index (χ4n) is 1.62. The van der Waals surface area contributed by atoms with Crippen LogP contribution in [0.15, 0.2) is 23.2 Å². The number of aromatic nitrogens is 1. The van der Waals surface area contributed by atoms with Crippen molar-refractivity contribution < 1.29 is 26.7 Å². The first-order valence-electron chi connectivity index (χ1n) is 6.63. The maximum Gasteiger partial charge on any atom is 0.433 e. The van der Waals surface area contributed by atoms with Crippen LogP contribution in [-0.4, -0.2) is 31.2 Å². The minimum absolute atomic E-state index is 0.0372. The molecule has 0 saturated carbocycles. The Morgan fingerprint density at radius 2 is 1.95 bits per heavy atom. The van der Waals surface area contributed by atoms with Gasteiger partial charge >= 0.3 is 6.18 Å². The van der Waals surface area contributed by atoms with Crippen LogP contribution < -0.4 is 4.72 Å². The lowest BCUT2D eigenvalue weighted by molar-refractivity contribution is -0.141. The van der Waals surface area contributed by atoms with Crippen LogP contribution in [0, 0.1) is 5.41 Å². The minimum Gasteiger partial charge on any atom is -0.393 e. The molecule has 0 radical (unpaired) electrons. The number of hydrogen-bond donors (Lipinski definition) is 2. The molecule has 1 heterocycles. The van der Waals surface area contributed by atoms with E-state index in [1.807, 2.05) is 0 Å². The summed E-state index contributed by atoms with van der Waals surface area (Å²) in [6.07, 6.45) is -4.18. The van der Waals surface area contributed by atoms with Crippen molar-refractivity contribution >= 4 is 10.0 Å². The van der Waals surface area contributed by atoms with Gasteiger partial charge in [-0.25, -0.2) is 13.1 Å². The van der Waals surface area contributed by atoms with Crippen molar-refractivity contribution in [3.05, 3.63) is 24.0 Å². The lowest BCUT2D eigenvalue weighted by Crippen LogP contribution is -2.41. The SMILES string of the molecule is CC[C@@](C)(CNS(=O)(=O)c1ccc(C(F)(F)F)nc1)[C@@H](C)O. The number of alkyl halides is 3. The van der Waals surface area contributed by atoms with Crippen molar-refractivity contribution in [1.82, 2.24) is 9.71 Å². The van der Waals surface area contributed by atoms with E-state index in [0.717, 1.165) is 6.07 Å². The van der Waals surface area contributed by atoms with Crippen molar-refractivity contribution in [2.75, 3.05) is 6.54 Å². The van der Waals surface area contributed by atoms with E-state index in [9.17, 15) is 26.7 Å². The number of aliphatic hydroxyl groups excluding tert-OH is 1. The summed E-state index contributed by atoms with van der Waals surface area (Å²) in [5, 5.41) is 9.69. The van der Waals surface area contributed by atoms with Gasteiger partial charge in [0.2, 0.25) is 10.0 Å². The van der Waals surface area contributed by atoms with E-state index in [2.05, 4.69) is 9.71 Å². The van der Waals surface area contributed by atoms with Gasteiger partial charge in [0.25, 0.3) is 0 Å². The van der Waals surface area contributed by atoms with Crippen LogP contribution in [-0.2, 0) is 16.2 Å². The van der Waals surface area contributed by atoms with Gasteiger partial charge in [-0.15, -0.1) is 0 Å². The Morgan fingerprint density at radius 1 is 1.36 bits per heavy atom. The van der Waals surface area contributed by atoms with Crippen LogP contribution in [0.25, 0.3) is 0 Å². The van der Waals surface area contributed by atoms with Gasteiger partial charge in [-0.3, -0.25) is 4.98 Å². The maximum atomic E-state index is 12.4. The monoisotopic (exact) mass is 340 g/mol. The third-order valence-corrected chi connectivity index (χ3v) is 5.21. The zero-order valence-corrected chi connectivity index (χ0v) is 13.3. The highest BCUT2D eigenvalue weighted by molar-refractivity contribution is 7.89. The van der Waals surface area contributed by atoms with Crippen LogP contribution in [0.5, 0.6) is 0 Å². The van der Waals surface area contributed by atoms with Crippen LogP contribution in [0.3, 0.4) is 0 Å². The fraction of sp³-hybridized carbons (Fsp3) is 0.615. The van der Waals surface area contributed by atoms with E-state index in [4.69, 9.17) is 0 Å². The number of nitrogens with zero attached hydrogens (tertiary/aromatic N) is 1. The van der Waals surface area contributed by atoms with Gasteiger partial charge in [0.1, 0.15) is 10.6 Å². The summed E-state index contributed by atoms with van der Waals surface area (Å²) in [6, 6.07) is 1.46. The summed E-state index contributed by atoms with van der Waals surface area (Å²) < 4.78 is 63.6. The van der Waals surface area contributed by atoms with E-state index in [-0.39, 0.29) is 11.4 Å². The molecule has 0 spiro atoms. The Balaban J connectivity index is 2.92. The average molecular weight is 340 g/mol. The molecule has 1 aromatic heterocycles. The van der Waals surface area contributed by atoms with Crippen molar-refractivity contribution in [3.63, 3.8) is 0 Å². The summed E-state index contributed by atoms with van der Waals surface area (Å²) in [5.41, 5.74) is -1.83. The molecule has 5 nitrogen and oxygen atoms in total. The molecule has 1 aromatic rings. The summed E-state index contributed by atoms with van der Waals surface area (Å²) in [4.78, 5) is 2.77. The van der Waals surface area contributed by atoms with Gasteiger partial charge in [-0.2, -0.15) is 13.2 Å². The highest BCUT2D eigenvalue weighted by atomic mass is 32.2. The summed E-state index contributed by atoms with van der Waals surface area (Å²) in [6.45, 7) is 5.04. The van der Waals surface area contributed by atoms with Crippen LogP contribution in [0.4, 0.5) is 13.2 Å². The number of hydrogen-bond acceptors (Lipinski definition) is 4. The summed E-state index contributed by atoms with van der Waals surface area (Å²) in [7, 11) is -3.99. The number of pyridine rings is 1. The van der Waals surface area contributed by atoms with Gasteiger partial charge in [-0.1, -0.05) is 13.8 Å². The van der Waals surface area contributed by atoms with Gasteiger partial charge < -0.3 is 5.11 Å². The lowest BCUT2D eigenvalue weighted by Gasteiger charge is -2.31. The van der Waals surface area contributed by atoms with Crippen molar-refractivity contribution in [2.45, 2.75) is 44.4 Å². The summed E-state index contributed by atoms with van der Waals surface area (Å²) in [5.74, 6) is 0. The Labute approximate surface area is 127 Å². The third-order valence-electron chi connectivity index (χ3n) is 3.82. The maximum absolute atomic E-state index is 12.4. The third kappa shape index (κ3) is 4.40. The molecule has 0 aliphatic heterocycles. The summed E-state index contributed by atoms with van der Waals surface area (Å²) >= 11 is 0. The van der Waals surface area contributed by atoms with Crippen LogP contribution in [0.2, 0.25) is 0 Å². The first-order chi connectivity index (χ1) is 9.92. The van der Waals surface area contributed by atoms with Gasteiger partial charge in [0.15, 0.2) is 0 Å². The quantitative estimate of drug-likeness (QED) is 0.832. The number of aliphatic hydroxyl groups is 1. The van der Waals surface area contributed by atoms with Crippen molar-refractivity contribution in [2.24, 2.45) is 5.41 Å². The van der Waals surface area contributed by atoms with E-state index in [1.165, 1.54) is 0 Å². The molecule has 0 aromatic carbocycles. The van der Waals surface area contributed by atoms with E-state index in [1.54, 1.807) is 20.8 Å². The molecule has 22 heavy (non-hydrogen) atoms. The highest BCUT2D eigenvalue weighted by Crippen LogP contribution is 2.28. The Bertz CT molecular complexity index is 600. The number of halogens is 3. The molecule has 0 aliphatic carbocycles. The standard InChI is InChI=1S/C13H19F3N2O3S/c1-4-12(3,9(2)19)8-18-22(20,21)10-5-6-11(17-7-10)13(14,15)16/h5-7,9,18-19H,4,8H2,1-3H3/t9-,12+/m1/s1. The lowest BCUT2D eigenvalue weighted by atomic mass is 9.83. The molecule has 0 saturated heterocycles. The minimum atomic E-state index is -4.62. The molecule has 126 valence electrons. The van der Waals surface area contributed by atoms with Gasteiger partial charge in [0.05, 0.1) is 6.10 Å². The molecule has 2 N–H and O–H groups in total. The number of nitrogens with one attached hydrogen (secondary N) is 1. The molecule has 2 atom stereocenters. The van der Waals surface area contributed by atoms with Crippen LogP contribution in [0.1, 0.15) is 32.9 Å². The van der Waals surface area contributed by atoms with E-state index >= 15 is 0 Å². The average Bonchev–Trinajstić information content (AvgIpc) is 2.44. The molecule has 0 unspecified atom stereocenters. The Hall–Kier alpha value is -1.19. The second-order valence-corrected chi connectivity index (χ2v) is 7.15. The zero-order chi connectivity index (χ0) is 17.2. The topological polar surface area (TPSA) is 79.3 Å². The largest absolute Gasteiger partial charge is 0.433 e. The number of sulfonamides is 1. The van der Waals surface area contributed by atoms with Gasteiger partial charge in [-0.05, 0) is 25.5 Å². The Morgan fingerprint density at radius 3 is 2.32 bits per heavy atom. The molecular weight excluding hydrogens is 321 g/mol. The smallest absolute Gasteiger partial charge is 0.393 e. The van der Waals surface area contributed by atoms with Crippen molar-refractivity contribution in [1.29, 1.82) is 0 Å². The molecule has 0 aliphatic rings. The highest BCUT2D eigenvalue weighted by Gasteiger charge is 2.33. The molecule has 0 fully saturated rings. The van der Waals surface area contributed by atoms with E-state index in [0.29, 0.717) is 18.7 Å². The molecule has 9 heteroatoms. The second kappa shape index (κ2) is 6.51. The van der Waals surface area contributed by atoms with Gasteiger partial charge in [0, 0.05) is 18.2 Å². The van der Waals surface area contributed by atoms with Crippen molar-refractivity contribution in [3.8, 4) is 0 Å². The normalized spacial score (nSPS) is 17.0. The zero-order valence-electron chi connectivity index (χ0n) is 12.5. The van der Waals surface area contributed by atoms with E-state index < -0.39 is 33.4 Å². The first-order valence-corrected chi connectivity index (χ1v) is 8.11. The molecular formula is C13H19F3N2O3S. The fourth-order valence-corrected chi connectivity index (χ4v) is 2.74. The molecule has 0 amide bonds.